The van der Waals surface area contributed by atoms with Crippen LogP contribution < -0.4 is 14.8 Å². The Morgan fingerprint density at radius 1 is 1.32 bits per heavy atom. The van der Waals surface area contributed by atoms with Crippen molar-refractivity contribution in [1.82, 2.24) is 25.3 Å². The number of aromatic nitrogens is 4. The third kappa shape index (κ3) is 2.93. The molecule has 1 amide bonds. The van der Waals surface area contributed by atoms with Crippen LogP contribution in [0.3, 0.4) is 0 Å². The van der Waals surface area contributed by atoms with E-state index < -0.39 is 0 Å². The number of fused-ring (bicyclic) bond motifs is 1. The maximum absolute atomic E-state index is 12.3. The van der Waals surface area contributed by atoms with Gasteiger partial charge >= 0.3 is 0 Å². The van der Waals surface area contributed by atoms with Gasteiger partial charge in [-0.05, 0) is 31.2 Å². The first-order valence-corrected chi connectivity index (χ1v) is 7.83. The van der Waals surface area contributed by atoms with Crippen LogP contribution in [0.25, 0.3) is 11.3 Å². The van der Waals surface area contributed by atoms with Crippen molar-refractivity contribution in [2.45, 2.75) is 13.5 Å². The van der Waals surface area contributed by atoms with E-state index in [1.54, 1.807) is 10.7 Å². The van der Waals surface area contributed by atoms with Crippen LogP contribution >= 0.6 is 0 Å². The maximum atomic E-state index is 12.3. The molecule has 2 N–H and O–H groups in total. The topological polar surface area (TPSA) is 94.1 Å². The fourth-order valence-corrected chi connectivity index (χ4v) is 2.73. The highest BCUT2D eigenvalue weighted by atomic mass is 16.7. The van der Waals surface area contributed by atoms with Crippen LogP contribution in [0.5, 0.6) is 11.5 Å². The second-order valence-electron chi connectivity index (χ2n) is 5.83. The van der Waals surface area contributed by atoms with Crippen LogP contribution in [-0.4, -0.2) is 32.7 Å². The number of benzene rings is 1. The van der Waals surface area contributed by atoms with E-state index in [4.69, 9.17) is 9.47 Å². The van der Waals surface area contributed by atoms with Gasteiger partial charge < -0.3 is 14.8 Å². The summed E-state index contributed by atoms with van der Waals surface area (Å²) in [6, 6.07) is 7.27. The number of aromatic amines is 1. The van der Waals surface area contributed by atoms with E-state index >= 15 is 0 Å². The van der Waals surface area contributed by atoms with Gasteiger partial charge in [-0.15, -0.1) is 0 Å². The molecular formula is C17H17N5O3. The number of ether oxygens (including phenoxy) is 2. The molecule has 0 atom stereocenters. The first-order valence-electron chi connectivity index (χ1n) is 7.83. The predicted molar refractivity (Wildman–Crippen MR) is 89.3 cm³/mol. The molecule has 1 aromatic carbocycles. The summed E-state index contributed by atoms with van der Waals surface area (Å²) >= 11 is 0. The molecule has 8 heteroatoms. The largest absolute Gasteiger partial charge is 0.454 e. The number of nitrogens with zero attached hydrogens (tertiary/aromatic N) is 3. The van der Waals surface area contributed by atoms with Crippen LogP contribution in [0.4, 0.5) is 0 Å². The summed E-state index contributed by atoms with van der Waals surface area (Å²) < 4.78 is 12.4. The first kappa shape index (κ1) is 15.3. The van der Waals surface area contributed by atoms with Gasteiger partial charge in [-0.1, -0.05) is 0 Å². The van der Waals surface area contributed by atoms with Crippen LogP contribution in [0.1, 0.15) is 21.7 Å². The molecule has 2 aromatic heterocycles. The van der Waals surface area contributed by atoms with Gasteiger partial charge in [-0.3, -0.25) is 14.6 Å². The van der Waals surface area contributed by atoms with Crippen molar-refractivity contribution in [2.75, 3.05) is 6.79 Å². The number of hydrogen-bond acceptors (Lipinski definition) is 5. The molecule has 0 fully saturated rings. The number of amides is 1. The number of carbonyl (C=O) groups excluding carboxylic acids is 1. The fourth-order valence-electron chi connectivity index (χ4n) is 2.73. The second kappa shape index (κ2) is 5.97. The van der Waals surface area contributed by atoms with Crippen molar-refractivity contribution >= 4 is 5.91 Å². The molecule has 0 saturated carbocycles. The molecular weight excluding hydrogens is 322 g/mol. The average molecular weight is 339 g/mol. The third-order valence-electron chi connectivity index (χ3n) is 4.05. The quantitative estimate of drug-likeness (QED) is 0.756. The van der Waals surface area contributed by atoms with Crippen LogP contribution in [0.15, 0.2) is 30.5 Å². The lowest BCUT2D eigenvalue weighted by atomic mass is 10.1. The number of aryl methyl sites for hydroxylation is 2. The number of nitrogens with one attached hydrogen (secondary N) is 2. The molecule has 0 saturated heterocycles. The van der Waals surface area contributed by atoms with Crippen molar-refractivity contribution in [1.29, 1.82) is 0 Å². The van der Waals surface area contributed by atoms with Crippen molar-refractivity contribution < 1.29 is 14.3 Å². The van der Waals surface area contributed by atoms with Crippen LogP contribution in [0.2, 0.25) is 0 Å². The second-order valence-corrected chi connectivity index (χ2v) is 5.83. The molecule has 8 nitrogen and oxygen atoms in total. The molecule has 0 radical (unpaired) electrons. The van der Waals surface area contributed by atoms with Crippen molar-refractivity contribution in [3.8, 4) is 22.8 Å². The Balaban J connectivity index is 1.47. The monoisotopic (exact) mass is 339 g/mol. The lowest BCUT2D eigenvalue weighted by molar-refractivity contribution is 0.0946. The van der Waals surface area contributed by atoms with Gasteiger partial charge in [-0.2, -0.15) is 10.2 Å². The molecule has 4 rings (SSSR count). The van der Waals surface area contributed by atoms with E-state index in [2.05, 4.69) is 20.6 Å². The Kier molecular flexibility index (Phi) is 3.64. The van der Waals surface area contributed by atoms with Gasteiger partial charge in [0, 0.05) is 30.9 Å². The molecule has 0 spiro atoms. The average Bonchev–Trinajstić information content (AvgIpc) is 3.31. The van der Waals surface area contributed by atoms with Gasteiger partial charge in [0.05, 0.1) is 11.4 Å². The Hall–Kier alpha value is -3.29. The highest BCUT2D eigenvalue weighted by Crippen LogP contribution is 2.35. The normalized spacial score (nSPS) is 12.4. The molecule has 0 unspecified atom stereocenters. The van der Waals surface area contributed by atoms with Crippen LogP contribution in [0, 0.1) is 6.92 Å². The van der Waals surface area contributed by atoms with Gasteiger partial charge in [0.25, 0.3) is 5.91 Å². The summed E-state index contributed by atoms with van der Waals surface area (Å²) in [5, 5.41) is 14.1. The molecule has 128 valence electrons. The molecule has 3 aromatic rings. The van der Waals surface area contributed by atoms with E-state index in [0.717, 1.165) is 16.8 Å². The van der Waals surface area contributed by atoms with E-state index in [-0.39, 0.29) is 12.7 Å². The molecule has 1 aliphatic rings. The zero-order chi connectivity index (χ0) is 17.4. The third-order valence-corrected chi connectivity index (χ3v) is 4.05. The van der Waals surface area contributed by atoms with Crippen molar-refractivity contribution in [3.05, 3.63) is 47.4 Å². The van der Waals surface area contributed by atoms with E-state index in [1.165, 1.54) is 0 Å². The minimum atomic E-state index is -0.220. The van der Waals surface area contributed by atoms with E-state index in [1.807, 2.05) is 38.4 Å². The van der Waals surface area contributed by atoms with Gasteiger partial charge in [-0.25, -0.2) is 0 Å². The Labute approximate surface area is 143 Å². The van der Waals surface area contributed by atoms with Gasteiger partial charge in [0.1, 0.15) is 5.69 Å². The highest BCUT2D eigenvalue weighted by molar-refractivity contribution is 5.93. The van der Waals surface area contributed by atoms with Crippen molar-refractivity contribution in [3.63, 3.8) is 0 Å². The lowest BCUT2D eigenvalue weighted by Gasteiger charge is -2.01. The summed E-state index contributed by atoms with van der Waals surface area (Å²) in [6.45, 7) is 2.55. The summed E-state index contributed by atoms with van der Waals surface area (Å²) in [7, 11) is 1.85. The number of rotatable bonds is 4. The fraction of sp³-hybridized carbons (Fsp3) is 0.235. The smallest absolute Gasteiger partial charge is 0.269 e. The van der Waals surface area contributed by atoms with Gasteiger partial charge in [0.2, 0.25) is 6.79 Å². The maximum Gasteiger partial charge on any atom is 0.269 e. The molecule has 1 aliphatic heterocycles. The molecule has 3 heterocycles. The van der Waals surface area contributed by atoms with E-state index in [0.29, 0.717) is 29.4 Å². The zero-order valence-corrected chi connectivity index (χ0v) is 13.9. The minimum absolute atomic E-state index is 0.220. The van der Waals surface area contributed by atoms with Gasteiger partial charge in [0.15, 0.2) is 11.5 Å². The number of H-pyrrole nitrogens is 1. The summed E-state index contributed by atoms with van der Waals surface area (Å²) in [6.07, 6.45) is 1.89. The predicted octanol–water partition coefficient (Wildman–Crippen LogP) is 1.78. The summed E-state index contributed by atoms with van der Waals surface area (Å²) in [5.41, 5.74) is 3.79. The molecule has 25 heavy (non-hydrogen) atoms. The molecule has 0 bridgehead atoms. The van der Waals surface area contributed by atoms with Crippen molar-refractivity contribution in [2.24, 2.45) is 7.05 Å². The summed E-state index contributed by atoms with van der Waals surface area (Å²) in [5.74, 6) is 1.17. The SMILES string of the molecule is Cc1nn(C)cc1CNC(=O)c1cc(-c2ccc3c(c2)OCO3)n[nH]1. The minimum Gasteiger partial charge on any atom is -0.454 e. The zero-order valence-electron chi connectivity index (χ0n) is 13.9. The summed E-state index contributed by atoms with van der Waals surface area (Å²) in [4.78, 5) is 12.3. The number of carbonyl (C=O) groups is 1. The highest BCUT2D eigenvalue weighted by Gasteiger charge is 2.16. The van der Waals surface area contributed by atoms with E-state index in [9.17, 15) is 4.79 Å². The Bertz CT molecular complexity index is 944. The Morgan fingerprint density at radius 3 is 2.96 bits per heavy atom. The lowest BCUT2D eigenvalue weighted by Crippen LogP contribution is -2.23. The van der Waals surface area contributed by atoms with Crippen LogP contribution in [-0.2, 0) is 13.6 Å². The first-order chi connectivity index (χ1) is 12.1. The molecule has 0 aliphatic carbocycles. The number of hydrogen-bond donors (Lipinski definition) is 2. The standard InChI is InChI=1S/C17H17N5O3/c1-10-12(8-22(2)21-10)7-18-17(23)14-6-13(19-20-14)11-3-4-15-16(5-11)25-9-24-15/h3-6,8H,7,9H2,1-2H3,(H,18,23)(H,19,20). The Morgan fingerprint density at radius 2 is 2.16 bits per heavy atom.